The van der Waals surface area contributed by atoms with Crippen LogP contribution in [0.3, 0.4) is 0 Å². The average Bonchev–Trinajstić information content (AvgIpc) is 3.44. The molecule has 4 rings (SSSR count). The molecule has 0 aliphatic heterocycles. The van der Waals surface area contributed by atoms with Gasteiger partial charge in [0.25, 0.3) is 5.91 Å². The molecule has 0 N–H and O–H groups in total. The summed E-state index contributed by atoms with van der Waals surface area (Å²) in [6.45, 7) is 7.37. The molecule has 0 aliphatic rings. The number of nitrogens with zero attached hydrogens (tertiary/aromatic N) is 4. The third-order valence-corrected chi connectivity index (χ3v) is 7.59. The zero-order chi connectivity index (χ0) is 22.0. The number of ether oxygens (including phenoxy) is 1. The van der Waals surface area contributed by atoms with Gasteiger partial charge in [0.2, 0.25) is 0 Å². The number of amides is 1. The van der Waals surface area contributed by atoms with Crippen molar-refractivity contribution in [3.05, 3.63) is 46.4 Å². The van der Waals surface area contributed by atoms with Gasteiger partial charge in [-0.3, -0.25) is 9.69 Å². The van der Waals surface area contributed by atoms with Crippen LogP contribution in [-0.4, -0.2) is 54.1 Å². The topological polar surface area (TPSA) is 58.6 Å². The van der Waals surface area contributed by atoms with E-state index in [2.05, 4.69) is 23.7 Å². The number of carbonyl (C=O) groups is 1. The number of anilines is 1. The summed E-state index contributed by atoms with van der Waals surface area (Å²) < 4.78 is 7.27. The second-order valence-electron chi connectivity index (χ2n) is 6.94. The van der Waals surface area contributed by atoms with Crippen molar-refractivity contribution < 1.29 is 9.53 Å². The maximum atomic E-state index is 13.6. The Kier molecular flexibility index (Phi) is 6.71. The van der Waals surface area contributed by atoms with E-state index in [1.54, 1.807) is 29.7 Å². The molecule has 1 amide bonds. The highest BCUT2D eigenvalue weighted by Gasteiger charge is 2.24. The first-order chi connectivity index (χ1) is 15.0. The molecule has 0 unspecified atom stereocenters. The normalized spacial score (nSPS) is 11.5. The highest BCUT2D eigenvalue weighted by atomic mass is 35.5. The van der Waals surface area contributed by atoms with Crippen LogP contribution < -0.4 is 9.64 Å². The van der Waals surface area contributed by atoms with E-state index >= 15 is 0 Å². The standard InChI is InChI=1S/C22H23ClN4O2S2/c1-4-26(5-2)10-11-27(21(28)14-6-8-16-18(12-14)30-13-24-16)22-25-19-17(29-3)9-7-15(23)20(19)31-22/h6-9,12-13H,4-5,10-11H2,1-3H3. The van der Waals surface area contributed by atoms with Crippen LogP contribution in [0.2, 0.25) is 5.02 Å². The van der Waals surface area contributed by atoms with Crippen LogP contribution in [0, 0.1) is 0 Å². The molecule has 0 fully saturated rings. The minimum Gasteiger partial charge on any atom is -0.494 e. The Morgan fingerprint density at radius 2 is 1.97 bits per heavy atom. The Morgan fingerprint density at radius 3 is 2.71 bits per heavy atom. The Hall–Kier alpha value is -2.26. The van der Waals surface area contributed by atoms with Gasteiger partial charge < -0.3 is 9.64 Å². The van der Waals surface area contributed by atoms with Gasteiger partial charge in [0, 0.05) is 18.7 Å². The number of methoxy groups -OCH3 is 1. The van der Waals surface area contributed by atoms with E-state index in [9.17, 15) is 4.79 Å². The fourth-order valence-corrected chi connectivity index (χ4v) is 5.43. The van der Waals surface area contributed by atoms with Crippen molar-refractivity contribution >= 4 is 65.7 Å². The van der Waals surface area contributed by atoms with Gasteiger partial charge in [-0.1, -0.05) is 36.8 Å². The molecule has 2 aromatic carbocycles. The fourth-order valence-electron chi connectivity index (χ4n) is 3.43. The number of benzene rings is 2. The van der Waals surface area contributed by atoms with Crippen molar-refractivity contribution in [3.63, 3.8) is 0 Å². The highest BCUT2D eigenvalue weighted by molar-refractivity contribution is 7.23. The van der Waals surface area contributed by atoms with E-state index < -0.39 is 0 Å². The van der Waals surface area contributed by atoms with Crippen molar-refractivity contribution in [2.75, 3.05) is 38.2 Å². The predicted octanol–water partition coefficient (Wildman–Crippen LogP) is 5.56. The van der Waals surface area contributed by atoms with Crippen molar-refractivity contribution in [2.24, 2.45) is 0 Å². The number of likely N-dealkylation sites (N-methyl/N-ethyl adjacent to an activating group) is 1. The number of carbonyl (C=O) groups excluding carboxylic acids is 1. The molecule has 0 atom stereocenters. The van der Waals surface area contributed by atoms with Gasteiger partial charge in [0.15, 0.2) is 5.13 Å². The largest absolute Gasteiger partial charge is 0.494 e. The molecule has 2 aromatic heterocycles. The highest BCUT2D eigenvalue weighted by Crippen LogP contribution is 2.39. The van der Waals surface area contributed by atoms with E-state index in [1.165, 1.54) is 22.7 Å². The number of halogens is 1. The molecule has 0 saturated carbocycles. The molecule has 0 bridgehead atoms. The van der Waals surface area contributed by atoms with Crippen LogP contribution in [0.15, 0.2) is 35.8 Å². The Balaban J connectivity index is 1.75. The van der Waals surface area contributed by atoms with Gasteiger partial charge in [0.05, 0.1) is 32.6 Å². The Labute approximate surface area is 194 Å². The lowest BCUT2D eigenvalue weighted by atomic mass is 10.2. The minimum absolute atomic E-state index is 0.0865. The van der Waals surface area contributed by atoms with E-state index in [0.717, 1.165) is 34.6 Å². The zero-order valence-corrected chi connectivity index (χ0v) is 20.0. The maximum Gasteiger partial charge on any atom is 0.260 e. The van der Waals surface area contributed by atoms with Crippen LogP contribution >= 0.6 is 34.3 Å². The number of hydrogen-bond acceptors (Lipinski definition) is 7. The molecular formula is C22H23ClN4O2S2. The monoisotopic (exact) mass is 474 g/mol. The number of aromatic nitrogens is 2. The predicted molar refractivity (Wildman–Crippen MR) is 130 cm³/mol. The van der Waals surface area contributed by atoms with Crippen LogP contribution in [0.1, 0.15) is 24.2 Å². The molecule has 0 spiro atoms. The van der Waals surface area contributed by atoms with E-state index in [4.69, 9.17) is 21.3 Å². The van der Waals surface area contributed by atoms with Crippen LogP contribution in [0.5, 0.6) is 5.75 Å². The van der Waals surface area contributed by atoms with E-state index in [0.29, 0.717) is 33.5 Å². The third-order valence-electron chi connectivity index (χ3n) is 5.26. The second kappa shape index (κ2) is 9.48. The van der Waals surface area contributed by atoms with E-state index in [1.807, 2.05) is 18.2 Å². The molecular weight excluding hydrogens is 452 g/mol. The van der Waals surface area contributed by atoms with Crippen LogP contribution in [0.25, 0.3) is 20.4 Å². The molecule has 9 heteroatoms. The first-order valence-electron chi connectivity index (χ1n) is 10.1. The maximum absolute atomic E-state index is 13.6. The summed E-state index contributed by atoms with van der Waals surface area (Å²) in [4.78, 5) is 26.7. The summed E-state index contributed by atoms with van der Waals surface area (Å²) in [7, 11) is 1.61. The second-order valence-corrected chi connectivity index (χ2v) is 9.21. The summed E-state index contributed by atoms with van der Waals surface area (Å²) >= 11 is 9.36. The molecule has 6 nitrogen and oxygen atoms in total. The van der Waals surface area contributed by atoms with Crippen molar-refractivity contribution in [1.29, 1.82) is 0 Å². The van der Waals surface area contributed by atoms with Gasteiger partial charge in [-0.15, -0.1) is 11.3 Å². The van der Waals surface area contributed by atoms with Crippen LogP contribution in [0.4, 0.5) is 5.13 Å². The van der Waals surface area contributed by atoms with Crippen molar-refractivity contribution in [1.82, 2.24) is 14.9 Å². The molecule has 0 radical (unpaired) electrons. The van der Waals surface area contributed by atoms with Crippen LogP contribution in [-0.2, 0) is 0 Å². The molecule has 2 heterocycles. The number of hydrogen-bond donors (Lipinski definition) is 0. The lowest BCUT2D eigenvalue weighted by molar-refractivity contribution is 0.0984. The number of rotatable bonds is 8. The summed E-state index contributed by atoms with van der Waals surface area (Å²) in [5.74, 6) is 0.556. The molecule has 31 heavy (non-hydrogen) atoms. The Bertz CT molecular complexity index is 1220. The van der Waals surface area contributed by atoms with Gasteiger partial charge in [-0.2, -0.15) is 0 Å². The number of fused-ring (bicyclic) bond motifs is 2. The summed E-state index contributed by atoms with van der Waals surface area (Å²) in [6.07, 6.45) is 0. The van der Waals surface area contributed by atoms with Gasteiger partial charge >= 0.3 is 0 Å². The Morgan fingerprint density at radius 1 is 1.16 bits per heavy atom. The lowest BCUT2D eigenvalue weighted by Gasteiger charge is -2.24. The summed E-state index contributed by atoms with van der Waals surface area (Å²) in [6, 6.07) is 9.22. The fraction of sp³-hybridized carbons (Fsp3) is 0.318. The average molecular weight is 475 g/mol. The number of thiazole rings is 2. The first kappa shape index (κ1) is 22.0. The summed E-state index contributed by atoms with van der Waals surface area (Å²) in [5, 5.41) is 1.21. The SMILES string of the molecule is CCN(CC)CCN(C(=O)c1ccc2ncsc2c1)c1nc2c(OC)ccc(Cl)c2s1. The minimum atomic E-state index is -0.0865. The zero-order valence-electron chi connectivity index (χ0n) is 17.6. The van der Waals surface area contributed by atoms with Crippen molar-refractivity contribution in [2.45, 2.75) is 13.8 Å². The van der Waals surface area contributed by atoms with Gasteiger partial charge in [0.1, 0.15) is 11.3 Å². The summed E-state index contributed by atoms with van der Waals surface area (Å²) in [5.41, 5.74) is 3.98. The van der Waals surface area contributed by atoms with Gasteiger partial charge in [-0.25, -0.2) is 9.97 Å². The lowest BCUT2D eigenvalue weighted by Crippen LogP contribution is -2.38. The van der Waals surface area contributed by atoms with Gasteiger partial charge in [-0.05, 0) is 43.4 Å². The third kappa shape index (κ3) is 4.39. The molecule has 4 aromatic rings. The van der Waals surface area contributed by atoms with E-state index in [-0.39, 0.29) is 5.91 Å². The quantitative estimate of drug-likeness (QED) is 0.334. The molecule has 0 aliphatic carbocycles. The smallest absolute Gasteiger partial charge is 0.260 e. The molecule has 0 saturated heterocycles. The first-order valence-corrected chi connectivity index (χ1v) is 12.1. The molecule has 162 valence electrons. The van der Waals surface area contributed by atoms with Crippen molar-refractivity contribution in [3.8, 4) is 5.75 Å².